The van der Waals surface area contributed by atoms with E-state index in [0.717, 1.165) is 17.8 Å². The largest absolute Gasteiger partial charge is 0.397 e. The van der Waals surface area contributed by atoms with Crippen LogP contribution in [0.5, 0.6) is 0 Å². The molecule has 1 aromatic carbocycles. The zero-order chi connectivity index (χ0) is 18.9. The molecular formula is C18H25N5O2S. The highest BCUT2D eigenvalue weighted by Crippen LogP contribution is 2.21. The molecule has 1 heterocycles. The normalized spacial score (nSPS) is 10.6. The van der Waals surface area contributed by atoms with E-state index in [1.807, 2.05) is 32.3 Å². The average Bonchev–Trinajstić information content (AvgIpc) is 3.08. The van der Waals surface area contributed by atoms with Crippen LogP contribution in [0.1, 0.15) is 21.0 Å². The molecule has 0 saturated heterocycles. The first-order valence-corrected chi connectivity index (χ1v) is 9.18. The van der Waals surface area contributed by atoms with Gasteiger partial charge in [0.15, 0.2) is 0 Å². The molecule has 0 aliphatic heterocycles. The van der Waals surface area contributed by atoms with E-state index in [2.05, 4.69) is 20.9 Å². The molecule has 1 aromatic heterocycles. The van der Waals surface area contributed by atoms with E-state index in [0.29, 0.717) is 29.3 Å². The van der Waals surface area contributed by atoms with E-state index in [1.165, 1.54) is 11.3 Å². The molecule has 7 nitrogen and oxygen atoms in total. The number of rotatable bonds is 8. The quantitative estimate of drug-likeness (QED) is 0.420. The van der Waals surface area contributed by atoms with E-state index in [4.69, 9.17) is 5.73 Å². The Balaban J connectivity index is 1.77. The van der Waals surface area contributed by atoms with E-state index >= 15 is 0 Å². The fourth-order valence-corrected chi connectivity index (χ4v) is 3.06. The van der Waals surface area contributed by atoms with Gasteiger partial charge in [-0.25, -0.2) is 4.79 Å². The summed E-state index contributed by atoms with van der Waals surface area (Å²) in [6.07, 6.45) is 0.895. The maximum Gasteiger partial charge on any atom is 0.315 e. The van der Waals surface area contributed by atoms with Crippen molar-refractivity contribution in [2.45, 2.75) is 13.0 Å². The van der Waals surface area contributed by atoms with Crippen LogP contribution >= 0.6 is 11.3 Å². The molecule has 140 valence electrons. The van der Waals surface area contributed by atoms with Crippen molar-refractivity contribution < 1.29 is 9.59 Å². The van der Waals surface area contributed by atoms with Crippen molar-refractivity contribution in [3.8, 4) is 0 Å². The molecule has 0 aliphatic carbocycles. The SMILES string of the molecule is CN(C)CCCNC(=O)NCc1ccc(C(=O)Nc2ccccc2N)s1. The first kappa shape index (κ1) is 19.7. The molecule has 26 heavy (non-hydrogen) atoms. The van der Waals surface area contributed by atoms with Gasteiger partial charge in [0.2, 0.25) is 0 Å². The van der Waals surface area contributed by atoms with Gasteiger partial charge in [-0.3, -0.25) is 4.79 Å². The van der Waals surface area contributed by atoms with Crippen LogP contribution in [-0.4, -0.2) is 44.0 Å². The maximum absolute atomic E-state index is 12.3. The molecule has 2 aromatic rings. The third-order valence-electron chi connectivity index (χ3n) is 3.59. The lowest BCUT2D eigenvalue weighted by Gasteiger charge is -2.10. The molecule has 0 saturated carbocycles. The van der Waals surface area contributed by atoms with Crippen molar-refractivity contribution in [1.82, 2.24) is 15.5 Å². The lowest BCUT2D eigenvalue weighted by atomic mass is 10.2. The summed E-state index contributed by atoms with van der Waals surface area (Å²) in [6, 6.07) is 10.5. The minimum Gasteiger partial charge on any atom is -0.397 e. The minimum absolute atomic E-state index is 0.208. The molecule has 8 heteroatoms. The van der Waals surface area contributed by atoms with Crippen LogP contribution in [0.4, 0.5) is 16.2 Å². The Bertz CT molecular complexity index is 745. The molecule has 0 aliphatic rings. The number of thiophene rings is 1. The zero-order valence-corrected chi connectivity index (χ0v) is 15.9. The molecule has 0 atom stereocenters. The Morgan fingerprint density at radius 2 is 1.88 bits per heavy atom. The summed E-state index contributed by atoms with van der Waals surface area (Å²) in [5, 5.41) is 8.40. The van der Waals surface area contributed by atoms with Crippen LogP contribution in [0, 0.1) is 0 Å². The molecule has 5 N–H and O–H groups in total. The fourth-order valence-electron chi connectivity index (χ4n) is 2.22. The third kappa shape index (κ3) is 6.38. The number of carbonyl (C=O) groups is 2. The zero-order valence-electron chi connectivity index (χ0n) is 15.0. The number of benzene rings is 1. The number of carbonyl (C=O) groups excluding carboxylic acids is 2. The number of nitrogens with two attached hydrogens (primary N) is 1. The molecule has 0 spiro atoms. The number of urea groups is 1. The number of nitrogen functional groups attached to an aromatic ring is 1. The lowest BCUT2D eigenvalue weighted by molar-refractivity contribution is 0.103. The van der Waals surface area contributed by atoms with Crippen molar-refractivity contribution in [2.75, 3.05) is 38.2 Å². The van der Waals surface area contributed by atoms with Crippen molar-refractivity contribution in [2.24, 2.45) is 0 Å². The standard InChI is InChI=1S/C18H25N5O2S/c1-23(2)11-5-10-20-18(25)21-12-13-8-9-16(26-13)17(24)22-15-7-4-3-6-14(15)19/h3-4,6-9H,5,10-12,19H2,1-2H3,(H,22,24)(H2,20,21,25). The van der Waals surface area contributed by atoms with Gasteiger partial charge in [-0.15, -0.1) is 11.3 Å². The number of nitrogens with one attached hydrogen (secondary N) is 3. The third-order valence-corrected chi connectivity index (χ3v) is 4.67. The maximum atomic E-state index is 12.3. The first-order valence-electron chi connectivity index (χ1n) is 8.36. The molecule has 0 radical (unpaired) electrons. The highest BCUT2D eigenvalue weighted by molar-refractivity contribution is 7.14. The molecule has 0 unspecified atom stereocenters. The van der Waals surface area contributed by atoms with Gasteiger partial charge in [0, 0.05) is 11.4 Å². The number of amides is 3. The van der Waals surface area contributed by atoms with E-state index < -0.39 is 0 Å². The summed E-state index contributed by atoms with van der Waals surface area (Å²) in [5.74, 6) is -0.215. The van der Waals surface area contributed by atoms with Crippen molar-refractivity contribution >= 4 is 34.6 Å². The molecular weight excluding hydrogens is 350 g/mol. The average molecular weight is 375 g/mol. The van der Waals surface area contributed by atoms with Crippen molar-refractivity contribution in [1.29, 1.82) is 0 Å². The smallest absolute Gasteiger partial charge is 0.315 e. The number of hydrogen-bond donors (Lipinski definition) is 4. The highest BCUT2D eigenvalue weighted by Gasteiger charge is 2.11. The Labute approximate surface area is 157 Å². The van der Waals surface area contributed by atoms with Crippen molar-refractivity contribution in [3.05, 3.63) is 46.2 Å². The van der Waals surface area contributed by atoms with Gasteiger partial charge in [0.1, 0.15) is 0 Å². The highest BCUT2D eigenvalue weighted by atomic mass is 32.1. The Kier molecular flexibility index (Phi) is 7.43. The van der Waals surface area contributed by atoms with E-state index in [9.17, 15) is 9.59 Å². The Morgan fingerprint density at radius 3 is 2.62 bits per heavy atom. The molecule has 3 amide bonds. The van der Waals surface area contributed by atoms with Gasteiger partial charge in [-0.05, 0) is 51.3 Å². The number of para-hydroxylation sites is 2. The second-order valence-corrected chi connectivity index (χ2v) is 7.24. The van der Waals surface area contributed by atoms with Gasteiger partial charge >= 0.3 is 6.03 Å². The van der Waals surface area contributed by atoms with Crippen molar-refractivity contribution in [3.63, 3.8) is 0 Å². The first-order chi connectivity index (χ1) is 12.5. The predicted octanol–water partition coefficient (Wildman–Crippen LogP) is 2.33. The van der Waals surface area contributed by atoms with Crippen LogP contribution in [-0.2, 0) is 6.54 Å². The molecule has 2 rings (SSSR count). The summed E-state index contributed by atoms with van der Waals surface area (Å²) in [6.45, 7) is 1.93. The summed E-state index contributed by atoms with van der Waals surface area (Å²) in [7, 11) is 3.99. The predicted molar refractivity (Wildman–Crippen MR) is 107 cm³/mol. The Hall–Kier alpha value is -2.58. The molecule has 0 fully saturated rings. The summed E-state index contributed by atoms with van der Waals surface area (Å²) >= 11 is 1.34. The van der Waals surface area contributed by atoms with Gasteiger partial charge in [0.05, 0.1) is 22.8 Å². The van der Waals surface area contributed by atoms with Crippen LogP contribution in [0.3, 0.4) is 0 Å². The van der Waals surface area contributed by atoms with Gasteiger partial charge in [-0.2, -0.15) is 0 Å². The second-order valence-electron chi connectivity index (χ2n) is 6.07. The van der Waals surface area contributed by atoms with Crippen LogP contribution in [0.15, 0.2) is 36.4 Å². The van der Waals surface area contributed by atoms with Gasteiger partial charge < -0.3 is 26.6 Å². The second kappa shape index (κ2) is 9.79. The minimum atomic E-state index is -0.215. The lowest BCUT2D eigenvalue weighted by Crippen LogP contribution is -2.36. The number of anilines is 2. The van der Waals surface area contributed by atoms with Gasteiger partial charge in [0.25, 0.3) is 5.91 Å². The topological polar surface area (TPSA) is 99.5 Å². The summed E-state index contributed by atoms with van der Waals surface area (Å²) in [5.41, 5.74) is 6.94. The number of nitrogens with zero attached hydrogens (tertiary/aromatic N) is 1. The summed E-state index contributed by atoms with van der Waals surface area (Å²) < 4.78 is 0. The fraction of sp³-hybridized carbons (Fsp3) is 0.333. The van der Waals surface area contributed by atoms with Crippen LogP contribution in [0.2, 0.25) is 0 Å². The summed E-state index contributed by atoms with van der Waals surface area (Å²) in [4.78, 5) is 27.6. The Morgan fingerprint density at radius 1 is 1.12 bits per heavy atom. The van der Waals surface area contributed by atoms with E-state index in [1.54, 1.807) is 18.2 Å². The van der Waals surface area contributed by atoms with E-state index in [-0.39, 0.29) is 11.9 Å². The molecule has 0 bridgehead atoms. The van der Waals surface area contributed by atoms with Gasteiger partial charge in [-0.1, -0.05) is 12.1 Å². The number of hydrogen-bond acceptors (Lipinski definition) is 5. The monoisotopic (exact) mass is 375 g/mol. The van der Waals surface area contributed by atoms with Crippen LogP contribution < -0.4 is 21.7 Å². The van der Waals surface area contributed by atoms with Crippen LogP contribution in [0.25, 0.3) is 0 Å².